The van der Waals surface area contributed by atoms with Crippen LogP contribution in [0.2, 0.25) is 0 Å². The van der Waals surface area contributed by atoms with Crippen LogP contribution in [0.25, 0.3) is 0 Å². The molecule has 2 unspecified atom stereocenters. The third kappa shape index (κ3) is 5.33. The van der Waals surface area contributed by atoms with E-state index >= 15 is 0 Å². The Morgan fingerprint density at radius 2 is 1.71 bits per heavy atom. The number of nitrogens with one attached hydrogen (secondary N) is 1. The lowest BCUT2D eigenvalue weighted by molar-refractivity contribution is 0.137. The Morgan fingerprint density at radius 3 is 2.18 bits per heavy atom. The Kier molecular flexibility index (Phi) is 9.78. The predicted molar refractivity (Wildman–Crippen MR) is 75.1 cm³/mol. The molecule has 98 valence electrons. The summed E-state index contributed by atoms with van der Waals surface area (Å²) in [6.45, 7) is 9.04. The molecule has 2 nitrogen and oxygen atoms in total. The lowest BCUT2D eigenvalue weighted by Crippen LogP contribution is -2.28. The molecule has 0 radical (unpaired) electrons. The van der Waals surface area contributed by atoms with Gasteiger partial charge >= 0.3 is 0 Å². The molecule has 0 spiro atoms. The van der Waals surface area contributed by atoms with Crippen LogP contribution in [0.5, 0.6) is 0 Å². The van der Waals surface area contributed by atoms with E-state index < -0.39 is 0 Å². The molecule has 17 heavy (non-hydrogen) atoms. The molecule has 2 atom stereocenters. The summed E-state index contributed by atoms with van der Waals surface area (Å²) in [4.78, 5) is 0. The summed E-state index contributed by atoms with van der Waals surface area (Å²) in [6.07, 6.45) is 1.91. The minimum absolute atomic E-state index is 0.252. The minimum atomic E-state index is -0.344. The lowest BCUT2D eigenvalue weighted by Gasteiger charge is -2.18. The van der Waals surface area contributed by atoms with Crippen LogP contribution in [-0.4, -0.2) is 17.7 Å². The van der Waals surface area contributed by atoms with E-state index in [1.807, 2.05) is 58.0 Å². The van der Waals surface area contributed by atoms with Gasteiger partial charge in [0.1, 0.15) is 0 Å². The first-order valence-corrected chi connectivity index (χ1v) is 6.84. The summed E-state index contributed by atoms with van der Waals surface area (Å²) in [7, 11) is 0. The molecule has 1 aromatic rings. The van der Waals surface area contributed by atoms with Crippen molar-refractivity contribution in [1.29, 1.82) is 0 Å². The molecule has 0 aromatic heterocycles. The van der Waals surface area contributed by atoms with E-state index in [1.165, 1.54) is 6.42 Å². The van der Waals surface area contributed by atoms with Gasteiger partial charge in [-0.05, 0) is 24.9 Å². The standard InChI is InChI=1S/C11H15NO.2C2H6/c13-11(10-7-4-8-12-10)9-5-2-1-3-6-9;2*1-2/h1-3,5-6,10-13H,4,7-8H2;2*1-2H3. The van der Waals surface area contributed by atoms with Crippen LogP contribution in [0, 0.1) is 0 Å². The van der Waals surface area contributed by atoms with Crippen LogP contribution in [0.4, 0.5) is 0 Å². The number of benzene rings is 1. The summed E-state index contributed by atoms with van der Waals surface area (Å²) in [5.41, 5.74) is 1.02. The highest BCUT2D eigenvalue weighted by molar-refractivity contribution is 5.19. The van der Waals surface area contributed by atoms with Gasteiger partial charge in [-0.25, -0.2) is 0 Å². The van der Waals surface area contributed by atoms with Crippen molar-refractivity contribution >= 4 is 0 Å². The van der Waals surface area contributed by atoms with E-state index in [0.717, 1.165) is 18.5 Å². The van der Waals surface area contributed by atoms with Gasteiger partial charge in [-0.2, -0.15) is 0 Å². The van der Waals surface area contributed by atoms with Gasteiger partial charge < -0.3 is 10.4 Å². The number of aliphatic hydroxyl groups is 1. The number of aliphatic hydroxyl groups excluding tert-OH is 1. The fraction of sp³-hybridized carbons (Fsp3) is 0.600. The second-order valence-electron chi connectivity index (χ2n) is 3.56. The smallest absolute Gasteiger partial charge is 0.0942 e. The molecular weight excluding hydrogens is 210 g/mol. The highest BCUT2D eigenvalue weighted by atomic mass is 16.3. The summed E-state index contributed by atoms with van der Waals surface area (Å²) in [5, 5.41) is 13.3. The van der Waals surface area contributed by atoms with Gasteiger partial charge in [0.25, 0.3) is 0 Å². The van der Waals surface area contributed by atoms with Crippen LogP contribution in [-0.2, 0) is 0 Å². The molecule has 1 heterocycles. The van der Waals surface area contributed by atoms with Gasteiger partial charge in [0.05, 0.1) is 6.10 Å². The second kappa shape index (κ2) is 10.3. The SMILES string of the molecule is CC.CC.OC(c1ccccc1)C1CCCN1. The van der Waals surface area contributed by atoms with Crippen molar-refractivity contribution in [2.45, 2.75) is 52.7 Å². The molecule has 0 amide bonds. The summed E-state index contributed by atoms with van der Waals surface area (Å²) in [6, 6.07) is 10.1. The largest absolute Gasteiger partial charge is 0.387 e. The van der Waals surface area contributed by atoms with Crippen molar-refractivity contribution in [2.75, 3.05) is 6.54 Å². The van der Waals surface area contributed by atoms with E-state index in [-0.39, 0.29) is 12.1 Å². The van der Waals surface area contributed by atoms with Crippen molar-refractivity contribution in [2.24, 2.45) is 0 Å². The van der Waals surface area contributed by atoms with Crippen LogP contribution in [0.3, 0.4) is 0 Å². The Balaban J connectivity index is 0.000000581. The lowest BCUT2D eigenvalue weighted by atomic mass is 10.0. The number of rotatable bonds is 2. The molecule has 1 aromatic carbocycles. The monoisotopic (exact) mass is 237 g/mol. The van der Waals surface area contributed by atoms with E-state index in [2.05, 4.69) is 5.32 Å². The second-order valence-corrected chi connectivity index (χ2v) is 3.56. The Bertz CT molecular complexity index is 255. The highest BCUT2D eigenvalue weighted by Crippen LogP contribution is 2.22. The maximum Gasteiger partial charge on any atom is 0.0942 e. The van der Waals surface area contributed by atoms with Gasteiger partial charge in [-0.1, -0.05) is 58.0 Å². The maximum atomic E-state index is 9.96. The molecular formula is C15H27NO. The van der Waals surface area contributed by atoms with Crippen molar-refractivity contribution in [1.82, 2.24) is 5.32 Å². The van der Waals surface area contributed by atoms with Gasteiger partial charge in [-0.15, -0.1) is 0 Å². The Morgan fingerprint density at radius 1 is 1.12 bits per heavy atom. The van der Waals surface area contributed by atoms with Gasteiger partial charge in [0.2, 0.25) is 0 Å². The molecule has 0 bridgehead atoms. The van der Waals surface area contributed by atoms with E-state index in [9.17, 15) is 5.11 Å². The van der Waals surface area contributed by atoms with Crippen LogP contribution in [0.15, 0.2) is 30.3 Å². The van der Waals surface area contributed by atoms with Gasteiger partial charge in [0, 0.05) is 6.04 Å². The van der Waals surface area contributed by atoms with Crippen LogP contribution < -0.4 is 5.32 Å². The number of hydrogen-bond donors (Lipinski definition) is 2. The molecule has 1 aliphatic heterocycles. The molecule has 1 fully saturated rings. The van der Waals surface area contributed by atoms with Crippen molar-refractivity contribution in [3.8, 4) is 0 Å². The topological polar surface area (TPSA) is 32.3 Å². The first kappa shape index (κ1) is 16.1. The van der Waals surface area contributed by atoms with Crippen molar-refractivity contribution in [3.05, 3.63) is 35.9 Å². The zero-order chi connectivity index (χ0) is 13.1. The predicted octanol–water partition coefficient (Wildman–Crippen LogP) is 3.52. The first-order chi connectivity index (χ1) is 8.38. The average Bonchev–Trinajstić information content (AvgIpc) is 2.97. The Hall–Kier alpha value is -0.860. The zero-order valence-electron chi connectivity index (χ0n) is 11.6. The van der Waals surface area contributed by atoms with Crippen molar-refractivity contribution < 1.29 is 5.11 Å². The highest BCUT2D eigenvalue weighted by Gasteiger charge is 2.23. The summed E-state index contributed by atoms with van der Waals surface area (Å²) in [5.74, 6) is 0. The van der Waals surface area contributed by atoms with E-state index in [4.69, 9.17) is 0 Å². The fourth-order valence-electron chi connectivity index (χ4n) is 1.86. The quantitative estimate of drug-likeness (QED) is 0.825. The molecule has 1 aliphatic rings. The maximum absolute atomic E-state index is 9.96. The van der Waals surface area contributed by atoms with Crippen LogP contribution >= 0.6 is 0 Å². The summed E-state index contributed by atoms with van der Waals surface area (Å²) >= 11 is 0. The van der Waals surface area contributed by atoms with Crippen molar-refractivity contribution in [3.63, 3.8) is 0 Å². The third-order valence-corrected chi connectivity index (χ3v) is 2.62. The van der Waals surface area contributed by atoms with E-state index in [0.29, 0.717) is 0 Å². The molecule has 0 saturated carbocycles. The molecule has 2 N–H and O–H groups in total. The van der Waals surface area contributed by atoms with Gasteiger partial charge in [0.15, 0.2) is 0 Å². The fourth-order valence-corrected chi connectivity index (χ4v) is 1.86. The normalized spacial score (nSPS) is 19.5. The minimum Gasteiger partial charge on any atom is -0.387 e. The third-order valence-electron chi connectivity index (χ3n) is 2.62. The molecule has 2 heteroatoms. The van der Waals surface area contributed by atoms with Crippen LogP contribution in [0.1, 0.15) is 52.2 Å². The molecule has 2 rings (SSSR count). The first-order valence-electron chi connectivity index (χ1n) is 6.84. The zero-order valence-corrected chi connectivity index (χ0v) is 11.6. The number of hydrogen-bond acceptors (Lipinski definition) is 2. The average molecular weight is 237 g/mol. The van der Waals surface area contributed by atoms with E-state index in [1.54, 1.807) is 0 Å². The van der Waals surface area contributed by atoms with Gasteiger partial charge in [-0.3, -0.25) is 0 Å². The molecule has 0 aliphatic carbocycles. The molecule has 1 saturated heterocycles. The Labute approximate surface area is 106 Å². The summed E-state index contributed by atoms with van der Waals surface area (Å²) < 4.78 is 0.